The van der Waals surface area contributed by atoms with Crippen molar-refractivity contribution in [2.24, 2.45) is 17.8 Å². The van der Waals surface area contributed by atoms with E-state index in [9.17, 15) is 24.3 Å². The van der Waals surface area contributed by atoms with E-state index in [-0.39, 0.29) is 29.5 Å². The van der Waals surface area contributed by atoms with E-state index in [0.717, 1.165) is 4.90 Å². The van der Waals surface area contributed by atoms with E-state index in [0.29, 0.717) is 30.7 Å². The number of phenols is 1. The number of hydrogen-bond donors (Lipinski definition) is 1. The molecule has 2 aliphatic heterocycles. The summed E-state index contributed by atoms with van der Waals surface area (Å²) in [6, 6.07) is 4.56. The number of phenolic OH excluding ortho intramolecular Hbond substituents is 1. The number of likely N-dealkylation sites (tertiary alicyclic amines) is 2. The Kier molecular flexibility index (Phi) is 5.49. The third kappa shape index (κ3) is 2.93. The van der Waals surface area contributed by atoms with Crippen LogP contribution in [0, 0.1) is 17.8 Å². The van der Waals surface area contributed by atoms with Crippen LogP contribution >= 0.6 is 23.2 Å². The van der Waals surface area contributed by atoms with Gasteiger partial charge in [-0.1, -0.05) is 18.6 Å². The molecule has 35 heavy (non-hydrogen) atoms. The van der Waals surface area contributed by atoms with Gasteiger partial charge in [0.2, 0.25) is 11.8 Å². The number of aromatic hydroxyl groups is 1. The van der Waals surface area contributed by atoms with Gasteiger partial charge in [0, 0.05) is 25.1 Å². The summed E-state index contributed by atoms with van der Waals surface area (Å²) in [7, 11) is 2.80. The lowest BCUT2D eigenvalue weighted by molar-refractivity contribution is -0.141. The molecule has 2 aliphatic carbocycles. The molecule has 1 aromatic carbocycles. The average Bonchev–Trinajstić information content (AvgIpc) is 3.15. The van der Waals surface area contributed by atoms with E-state index in [1.807, 2.05) is 13.0 Å². The summed E-state index contributed by atoms with van der Waals surface area (Å²) >= 11 is 14.2. The Morgan fingerprint density at radius 1 is 1.11 bits per heavy atom. The Balaban J connectivity index is 1.74. The molecule has 4 aliphatic rings. The van der Waals surface area contributed by atoms with Crippen molar-refractivity contribution in [1.82, 2.24) is 9.80 Å². The number of ether oxygens (including phenoxy) is 1. The Morgan fingerprint density at radius 3 is 2.49 bits per heavy atom. The van der Waals surface area contributed by atoms with Gasteiger partial charge in [0.25, 0.3) is 11.8 Å². The normalized spacial score (nSPS) is 36.2. The maximum absolute atomic E-state index is 13.5. The van der Waals surface area contributed by atoms with Gasteiger partial charge in [-0.15, -0.1) is 23.2 Å². The molecule has 0 spiro atoms. The van der Waals surface area contributed by atoms with Crippen LogP contribution in [0.15, 0.2) is 29.8 Å². The van der Waals surface area contributed by atoms with Crippen molar-refractivity contribution in [3.8, 4) is 11.5 Å². The molecule has 2 saturated heterocycles. The first-order valence-corrected chi connectivity index (χ1v) is 12.4. The second kappa shape index (κ2) is 7.96. The molecule has 0 unspecified atom stereocenters. The molecule has 1 saturated carbocycles. The number of amides is 4. The fraction of sp³-hybridized carbons (Fsp3) is 0.520. The van der Waals surface area contributed by atoms with E-state index < -0.39 is 45.2 Å². The van der Waals surface area contributed by atoms with E-state index in [4.69, 9.17) is 27.9 Å². The van der Waals surface area contributed by atoms with Gasteiger partial charge in [-0.05, 0) is 43.4 Å². The number of imide groups is 2. The van der Waals surface area contributed by atoms with Crippen LogP contribution in [0.5, 0.6) is 11.5 Å². The van der Waals surface area contributed by atoms with Gasteiger partial charge in [0.1, 0.15) is 11.5 Å². The van der Waals surface area contributed by atoms with Gasteiger partial charge < -0.3 is 9.84 Å². The summed E-state index contributed by atoms with van der Waals surface area (Å²) < 4.78 is 5.34. The van der Waals surface area contributed by atoms with Crippen molar-refractivity contribution in [2.75, 3.05) is 20.7 Å². The molecule has 0 bridgehead atoms. The SMILES string of the molecule is CCCN1C(=O)[C@H]2[C@H](CC=C3[C@H]2C[C@@]2(Cl)C(=O)N(C)C(=O)[C@@]2(Cl)[C@H]3c2cc(OC)ccc2O)C1=O. The first kappa shape index (κ1) is 24.1. The number of carbonyl (C=O) groups excluding carboxylic acids is 4. The van der Waals surface area contributed by atoms with Crippen molar-refractivity contribution in [3.05, 3.63) is 35.4 Å². The van der Waals surface area contributed by atoms with Crippen LogP contribution < -0.4 is 4.74 Å². The number of fused-ring (bicyclic) bond motifs is 4. The number of allylic oxidation sites excluding steroid dienone is 2. The van der Waals surface area contributed by atoms with Crippen LogP contribution in [0.4, 0.5) is 0 Å². The smallest absolute Gasteiger partial charge is 0.253 e. The molecule has 3 fully saturated rings. The Morgan fingerprint density at radius 2 is 1.83 bits per heavy atom. The molecule has 2 heterocycles. The predicted octanol–water partition coefficient (Wildman–Crippen LogP) is 2.80. The molecule has 4 amide bonds. The first-order valence-electron chi connectivity index (χ1n) is 11.6. The average molecular weight is 521 g/mol. The van der Waals surface area contributed by atoms with E-state index in [2.05, 4.69) is 0 Å². The zero-order chi connectivity index (χ0) is 25.4. The summed E-state index contributed by atoms with van der Waals surface area (Å²) in [5.74, 6) is -4.46. The van der Waals surface area contributed by atoms with Gasteiger partial charge in [0.05, 0.1) is 18.9 Å². The maximum atomic E-state index is 13.5. The number of nitrogens with zero attached hydrogens (tertiary/aromatic N) is 2. The number of benzene rings is 1. The van der Waals surface area contributed by atoms with Gasteiger partial charge >= 0.3 is 0 Å². The van der Waals surface area contributed by atoms with Crippen molar-refractivity contribution in [1.29, 1.82) is 0 Å². The van der Waals surface area contributed by atoms with Crippen molar-refractivity contribution in [2.45, 2.75) is 41.9 Å². The van der Waals surface area contributed by atoms with Crippen molar-refractivity contribution >= 4 is 46.8 Å². The fourth-order valence-electron chi connectivity index (χ4n) is 6.49. The quantitative estimate of drug-likeness (QED) is 0.371. The molecule has 0 radical (unpaired) electrons. The minimum atomic E-state index is -1.94. The van der Waals surface area contributed by atoms with Crippen LogP contribution in [-0.4, -0.2) is 69.0 Å². The standard InChI is InChI=1S/C25H26Cl2N2O6/c1-4-9-29-20(31)14-7-6-13-16(18(14)21(29)32)11-24(26)22(33)28(2)23(34)25(24,27)19(13)15-10-12(35-3)5-8-17(15)30/h5-6,8,10,14,16,18-19,30H,4,7,9,11H2,1-3H3/t14-,16+,18-,19+,24+,25-/m0/s1. The molecule has 186 valence electrons. The lowest BCUT2D eigenvalue weighted by Gasteiger charge is -2.50. The second-order valence-electron chi connectivity index (χ2n) is 9.75. The summed E-state index contributed by atoms with van der Waals surface area (Å²) in [5.41, 5.74) is 0.912. The van der Waals surface area contributed by atoms with Crippen LogP contribution in [0.3, 0.4) is 0 Å². The van der Waals surface area contributed by atoms with Gasteiger partial charge in [-0.3, -0.25) is 29.0 Å². The zero-order valence-corrected chi connectivity index (χ0v) is 21.1. The molecule has 5 rings (SSSR count). The highest BCUT2D eigenvalue weighted by Crippen LogP contribution is 2.66. The number of carbonyl (C=O) groups is 4. The highest BCUT2D eigenvalue weighted by molar-refractivity contribution is 6.53. The summed E-state index contributed by atoms with van der Waals surface area (Å²) in [6.45, 7) is 2.21. The van der Waals surface area contributed by atoms with Crippen LogP contribution in [-0.2, 0) is 19.2 Å². The van der Waals surface area contributed by atoms with Gasteiger partial charge in [-0.2, -0.15) is 0 Å². The maximum Gasteiger partial charge on any atom is 0.253 e. The van der Waals surface area contributed by atoms with Crippen molar-refractivity contribution < 1.29 is 29.0 Å². The number of methoxy groups -OCH3 is 1. The Bertz CT molecular complexity index is 1200. The lowest BCUT2D eigenvalue weighted by Crippen LogP contribution is -2.60. The van der Waals surface area contributed by atoms with Crippen LogP contribution in [0.1, 0.15) is 37.7 Å². The Labute approximate surface area is 212 Å². The summed E-state index contributed by atoms with van der Waals surface area (Å²) in [6.07, 6.45) is 2.69. The predicted molar refractivity (Wildman–Crippen MR) is 127 cm³/mol. The van der Waals surface area contributed by atoms with E-state index in [1.54, 1.807) is 12.1 Å². The fourth-order valence-corrected chi connectivity index (χ4v) is 7.50. The minimum absolute atomic E-state index is 0.0693. The zero-order valence-electron chi connectivity index (χ0n) is 19.6. The molecule has 1 N–H and O–H groups in total. The number of halogens is 2. The lowest BCUT2D eigenvalue weighted by atomic mass is 9.56. The molecular weight excluding hydrogens is 495 g/mol. The van der Waals surface area contributed by atoms with E-state index in [1.165, 1.54) is 25.1 Å². The largest absolute Gasteiger partial charge is 0.508 e. The van der Waals surface area contributed by atoms with Gasteiger partial charge in [0.15, 0.2) is 9.75 Å². The summed E-state index contributed by atoms with van der Waals surface area (Å²) in [4.78, 5) is 51.8. The molecule has 6 atom stereocenters. The monoisotopic (exact) mass is 520 g/mol. The number of hydrogen-bond acceptors (Lipinski definition) is 6. The van der Waals surface area contributed by atoms with Crippen molar-refractivity contribution in [3.63, 3.8) is 0 Å². The highest BCUT2D eigenvalue weighted by atomic mass is 35.5. The third-order valence-electron chi connectivity index (χ3n) is 8.10. The van der Waals surface area contributed by atoms with E-state index >= 15 is 0 Å². The number of rotatable bonds is 4. The molecular formula is C25H26Cl2N2O6. The first-order chi connectivity index (χ1) is 16.5. The highest BCUT2D eigenvalue weighted by Gasteiger charge is 2.76. The van der Waals surface area contributed by atoms with Gasteiger partial charge in [-0.25, -0.2) is 0 Å². The molecule has 8 nitrogen and oxygen atoms in total. The number of alkyl halides is 2. The minimum Gasteiger partial charge on any atom is -0.508 e. The topological polar surface area (TPSA) is 104 Å². The van der Waals surface area contributed by atoms with Crippen LogP contribution in [0.2, 0.25) is 0 Å². The third-order valence-corrected chi connectivity index (χ3v) is 9.51. The molecule has 10 heteroatoms. The Hall–Kier alpha value is -2.58. The second-order valence-corrected chi connectivity index (χ2v) is 11.0. The summed E-state index contributed by atoms with van der Waals surface area (Å²) in [5, 5.41) is 10.9. The molecule has 0 aromatic heterocycles. The molecule has 1 aromatic rings. The van der Waals surface area contributed by atoms with Crippen LogP contribution in [0.25, 0.3) is 0 Å².